The largest absolute Gasteiger partial charge is 0.462 e. The second-order valence-corrected chi connectivity index (χ2v) is 13.7. The summed E-state index contributed by atoms with van der Waals surface area (Å²) in [5.41, 5.74) is 1.83. The third-order valence-electron chi connectivity index (χ3n) is 11.0. The average molecular weight is 680 g/mol. The number of anilines is 1. The summed E-state index contributed by atoms with van der Waals surface area (Å²) in [5, 5.41) is 0.649. The predicted molar refractivity (Wildman–Crippen MR) is 181 cm³/mol. The highest BCUT2D eigenvalue weighted by Gasteiger charge is 2.57. The molecule has 11 nitrogen and oxygen atoms in total. The van der Waals surface area contributed by atoms with E-state index < -0.39 is 47.1 Å². The van der Waals surface area contributed by atoms with E-state index in [4.69, 9.17) is 9.72 Å². The molecule has 6 aliphatic rings. The molecule has 4 aliphatic carbocycles. The lowest BCUT2D eigenvalue weighted by Crippen LogP contribution is -2.38. The Hall–Kier alpha value is -6.10. The van der Waals surface area contributed by atoms with Crippen molar-refractivity contribution in [3.63, 3.8) is 0 Å². The van der Waals surface area contributed by atoms with Crippen molar-refractivity contribution in [3.05, 3.63) is 118 Å². The van der Waals surface area contributed by atoms with E-state index in [0.29, 0.717) is 27.7 Å². The Morgan fingerprint density at radius 1 is 0.725 bits per heavy atom. The molecule has 2 fully saturated rings. The van der Waals surface area contributed by atoms with E-state index in [9.17, 15) is 33.6 Å². The maximum absolute atomic E-state index is 13.8. The zero-order valence-electron chi connectivity index (χ0n) is 27.1. The van der Waals surface area contributed by atoms with Gasteiger partial charge in [-0.15, -0.1) is 0 Å². The number of carbonyl (C=O) groups excluding carboxylic acids is 7. The third-order valence-corrected chi connectivity index (χ3v) is 11.0. The number of Topliss-reactive ketones (excluding diaryl/α,β-unsaturated/α-hetero) is 2. The van der Waals surface area contributed by atoms with Crippen LogP contribution >= 0.6 is 0 Å². The quantitative estimate of drug-likeness (QED) is 0.0871. The van der Waals surface area contributed by atoms with Crippen LogP contribution in [0.15, 0.2) is 84.9 Å². The molecule has 0 spiro atoms. The average Bonchev–Trinajstić information content (AvgIpc) is 3.69. The Kier molecular flexibility index (Phi) is 6.96. The van der Waals surface area contributed by atoms with Crippen LogP contribution in [-0.2, 0) is 14.3 Å². The van der Waals surface area contributed by atoms with Crippen LogP contribution < -0.4 is 4.90 Å². The lowest BCUT2D eigenvalue weighted by Gasteiger charge is -2.38. The molecule has 2 bridgehead atoms. The van der Waals surface area contributed by atoms with Crippen molar-refractivity contribution in [2.24, 2.45) is 23.7 Å². The van der Waals surface area contributed by atoms with Gasteiger partial charge in [0, 0.05) is 23.1 Å². The topological polar surface area (TPSA) is 148 Å². The molecule has 0 N–H and O–H groups in total. The van der Waals surface area contributed by atoms with Crippen molar-refractivity contribution >= 4 is 57.8 Å². The normalized spacial score (nSPS) is 24.5. The van der Waals surface area contributed by atoms with Gasteiger partial charge >= 0.3 is 5.97 Å². The standard InChI is InChI=1S/C40H29N3O8/c44-34-24-15-13-23(40(50)51-18-4-17-42-36(46)25-6-1-2-7-26(25)37(42)47)19-27(24)35(45)32(34)28-16-14-22-5-3-8-29(33(22)41-28)43-38(48)30-20-9-10-21(12-11-20)31(30)39(43)49/h1-3,5-10,13-16,19-21,30-32H,4,11-12,17-18H2. The van der Waals surface area contributed by atoms with Crippen molar-refractivity contribution in [3.8, 4) is 0 Å². The van der Waals surface area contributed by atoms with Gasteiger partial charge in [0.25, 0.3) is 11.8 Å². The number of amides is 4. The summed E-state index contributed by atoms with van der Waals surface area (Å²) in [6, 6.07) is 19.3. The highest BCUT2D eigenvalue weighted by molar-refractivity contribution is 6.30. The number of benzene rings is 3. The number of imide groups is 2. The van der Waals surface area contributed by atoms with Gasteiger partial charge in [0.1, 0.15) is 5.92 Å². The molecule has 1 aromatic heterocycles. The first-order valence-electron chi connectivity index (χ1n) is 17.0. The van der Waals surface area contributed by atoms with Crippen LogP contribution in [0.3, 0.4) is 0 Å². The van der Waals surface area contributed by atoms with Crippen LogP contribution in [0.5, 0.6) is 0 Å². The van der Waals surface area contributed by atoms with Crippen molar-refractivity contribution in [2.45, 2.75) is 25.2 Å². The monoisotopic (exact) mass is 679 g/mol. The van der Waals surface area contributed by atoms with Gasteiger partial charge < -0.3 is 4.74 Å². The zero-order chi connectivity index (χ0) is 35.1. The number of para-hydroxylation sites is 1. The van der Waals surface area contributed by atoms with Crippen molar-refractivity contribution < 1.29 is 38.3 Å². The number of carbonyl (C=O) groups is 7. The SMILES string of the molecule is O=C(OCCCN1C(=O)c2ccccc2C1=O)c1ccc2c(c1)C(=O)C(c1ccc3cccc(N4C(=O)C5C6C=CC(CC6)C5C4=O)c3n1)C2=O. The Balaban J connectivity index is 0.921. The molecule has 5 atom stereocenters. The minimum atomic E-state index is -1.27. The first-order chi connectivity index (χ1) is 24.7. The molecule has 252 valence electrons. The van der Waals surface area contributed by atoms with Gasteiger partial charge in [-0.1, -0.05) is 42.5 Å². The highest BCUT2D eigenvalue weighted by atomic mass is 16.5. The van der Waals surface area contributed by atoms with E-state index in [1.54, 1.807) is 54.6 Å². The number of rotatable bonds is 7. The Morgan fingerprint density at radius 2 is 1.39 bits per heavy atom. The van der Waals surface area contributed by atoms with Crippen LogP contribution in [0.25, 0.3) is 10.9 Å². The number of esters is 1. The van der Waals surface area contributed by atoms with E-state index in [1.165, 1.54) is 23.1 Å². The summed E-state index contributed by atoms with van der Waals surface area (Å²) in [4.78, 5) is 100. The van der Waals surface area contributed by atoms with Gasteiger partial charge in [-0.2, -0.15) is 0 Å². The summed E-state index contributed by atoms with van der Waals surface area (Å²) in [7, 11) is 0. The number of aromatic nitrogens is 1. The molecular weight excluding hydrogens is 650 g/mol. The second-order valence-electron chi connectivity index (χ2n) is 13.7. The van der Waals surface area contributed by atoms with Crippen LogP contribution in [0.2, 0.25) is 0 Å². The maximum Gasteiger partial charge on any atom is 0.338 e. The minimum absolute atomic E-state index is 0.0270. The van der Waals surface area contributed by atoms with E-state index >= 15 is 0 Å². The van der Waals surface area contributed by atoms with E-state index in [-0.39, 0.29) is 65.6 Å². The lowest BCUT2D eigenvalue weighted by atomic mass is 9.63. The molecule has 0 radical (unpaired) electrons. The molecule has 3 heterocycles. The Bertz CT molecular complexity index is 2260. The zero-order valence-corrected chi connectivity index (χ0v) is 27.1. The summed E-state index contributed by atoms with van der Waals surface area (Å²) in [6.07, 6.45) is 6.08. The molecule has 5 unspecified atom stereocenters. The van der Waals surface area contributed by atoms with Crippen LogP contribution in [0, 0.1) is 23.7 Å². The van der Waals surface area contributed by atoms with E-state index in [1.807, 2.05) is 0 Å². The van der Waals surface area contributed by atoms with Gasteiger partial charge in [-0.05, 0) is 73.6 Å². The van der Waals surface area contributed by atoms with Gasteiger partial charge in [0.05, 0.1) is 52.0 Å². The fourth-order valence-electron chi connectivity index (χ4n) is 8.50. The molecule has 1 saturated heterocycles. The van der Waals surface area contributed by atoms with Crippen molar-refractivity contribution in [1.82, 2.24) is 9.88 Å². The van der Waals surface area contributed by atoms with Crippen LogP contribution in [-0.4, -0.2) is 64.2 Å². The summed E-state index contributed by atoms with van der Waals surface area (Å²) in [6.45, 7) is -0.0120. The smallest absolute Gasteiger partial charge is 0.338 e. The van der Waals surface area contributed by atoms with Gasteiger partial charge in [0.2, 0.25) is 11.8 Å². The predicted octanol–water partition coefficient (Wildman–Crippen LogP) is 4.94. The van der Waals surface area contributed by atoms with Crippen molar-refractivity contribution in [1.29, 1.82) is 0 Å². The number of ether oxygens (including phenoxy) is 1. The number of allylic oxidation sites excluding steroid dienone is 2. The number of fused-ring (bicyclic) bond motifs is 4. The molecular formula is C40H29N3O8. The Labute approximate surface area is 290 Å². The summed E-state index contributed by atoms with van der Waals surface area (Å²) in [5.74, 6) is -5.00. The van der Waals surface area contributed by atoms with Gasteiger partial charge in [-0.3, -0.25) is 33.7 Å². The first-order valence-corrected chi connectivity index (χ1v) is 17.0. The fourth-order valence-corrected chi connectivity index (χ4v) is 8.50. The number of nitrogens with zero attached hydrogens (tertiary/aromatic N) is 3. The molecule has 10 rings (SSSR count). The van der Waals surface area contributed by atoms with Crippen molar-refractivity contribution in [2.75, 3.05) is 18.1 Å². The molecule has 11 heteroatoms. The molecule has 1 saturated carbocycles. The summed E-state index contributed by atoms with van der Waals surface area (Å²) < 4.78 is 5.39. The lowest BCUT2D eigenvalue weighted by molar-refractivity contribution is -0.124. The maximum atomic E-state index is 13.8. The Morgan fingerprint density at radius 3 is 2.06 bits per heavy atom. The number of pyridine rings is 1. The minimum Gasteiger partial charge on any atom is -0.462 e. The number of ketones is 2. The van der Waals surface area contributed by atoms with Gasteiger partial charge in [-0.25, -0.2) is 14.7 Å². The van der Waals surface area contributed by atoms with Crippen LogP contribution in [0.4, 0.5) is 5.69 Å². The molecule has 4 aromatic rings. The van der Waals surface area contributed by atoms with E-state index in [2.05, 4.69) is 12.2 Å². The number of hydrogen-bond acceptors (Lipinski definition) is 9. The van der Waals surface area contributed by atoms with E-state index in [0.717, 1.165) is 17.7 Å². The number of hydrogen-bond donors (Lipinski definition) is 0. The second kappa shape index (κ2) is 11.5. The summed E-state index contributed by atoms with van der Waals surface area (Å²) >= 11 is 0. The molecule has 4 amide bonds. The first kappa shape index (κ1) is 30.9. The van der Waals surface area contributed by atoms with Crippen LogP contribution in [0.1, 0.15) is 82.7 Å². The fraction of sp³-hybridized carbons (Fsp3) is 0.250. The molecule has 51 heavy (non-hydrogen) atoms. The van der Waals surface area contributed by atoms with Gasteiger partial charge in [0.15, 0.2) is 11.6 Å². The third kappa shape index (κ3) is 4.57. The highest BCUT2D eigenvalue weighted by Crippen LogP contribution is 2.51. The molecule has 3 aromatic carbocycles. The molecule has 2 aliphatic heterocycles.